The van der Waals surface area contributed by atoms with Crippen LogP contribution in [0, 0.1) is 13.8 Å². The second kappa shape index (κ2) is 5.72. The minimum Gasteiger partial charge on any atom is -0.494 e. The number of anilines is 1. The van der Waals surface area contributed by atoms with Gasteiger partial charge in [-0.15, -0.1) is 0 Å². The van der Waals surface area contributed by atoms with Gasteiger partial charge in [0.15, 0.2) is 0 Å². The van der Waals surface area contributed by atoms with Gasteiger partial charge in [0, 0.05) is 23.7 Å². The molecular formula is C17H21N3O. The van der Waals surface area contributed by atoms with Gasteiger partial charge in [-0.1, -0.05) is 12.1 Å². The molecule has 0 aliphatic heterocycles. The zero-order valence-corrected chi connectivity index (χ0v) is 12.8. The maximum absolute atomic E-state index is 5.57. The van der Waals surface area contributed by atoms with Gasteiger partial charge in [-0.25, -0.2) is 9.97 Å². The van der Waals surface area contributed by atoms with Crippen LogP contribution in [0.1, 0.15) is 36.3 Å². The fraction of sp³-hybridized carbons (Fsp3) is 0.412. The molecule has 4 heteroatoms. The van der Waals surface area contributed by atoms with E-state index >= 15 is 0 Å². The molecule has 21 heavy (non-hydrogen) atoms. The first-order chi connectivity index (χ1) is 10.2. The highest BCUT2D eigenvalue weighted by molar-refractivity contribution is 5.43. The highest BCUT2D eigenvalue weighted by Gasteiger charge is 2.38. The molecule has 2 unspecified atom stereocenters. The molecule has 0 amide bonds. The molecule has 1 N–H and O–H groups in total. The van der Waals surface area contributed by atoms with Crippen molar-refractivity contribution in [2.24, 2.45) is 0 Å². The van der Waals surface area contributed by atoms with Crippen LogP contribution in [0.4, 0.5) is 5.82 Å². The number of hydrogen-bond acceptors (Lipinski definition) is 4. The largest absolute Gasteiger partial charge is 0.494 e. The van der Waals surface area contributed by atoms with E-state index in [9.17, 15) is 0 Å². The van der Waals surface area contributed by atoms with Crippen LogP contribution >= 0.6 is 0 Å². The van der Waals surface area contributed by atoms with E-state index in [1.807, 2.05) is 32.9 Å². The summed E-state index contributed by atoms with van der Waals surface area (Å²) >= 11 is 0. The number of benzene rings is 1. The molecule has 1 aromatic carbocycles. The number of nitrogens with zero attached hydrogens (tertiary/aromatic N) is 2. The Morgan fingerprint density at radius 1 is 1.24 bits per heavy atom. The van der Waals surface area contributed by atoms with E-state index in [-0.39, 0.29) is 0 Å². The SMILES string of the molecule is CCOc1cccc(C2CC2Nc2cc(C)nc(C)n2)c1. The van der Waals surface area contributed by atoms with Crippen LogP contribution in [0.15, 0.2) is 30.3 Å². The molecule has 110 valence electrons. The minimum atomic E-state index is 0.454. The maximum Gasteiger partial charge on any atom is 0.130 e. The highest BCUT2D eigenvalue weighted by Crippen LogP contribution is 2.43. The summed E-state index contributed by atoms with van der Waals surface area (Å²) in [7, 11) is 0. The Bertz CT molecular complexity index is 621. The number of nitrogens with one attached hydrogen (secondary N) is 1. The van der Waals surface area contributed by atoms with Gasteiger partial charge >= 0.3 is 0 Å². The van der Waals surface area contributed by atoms with Gasteiger partial charge in [0.25, 0.3) is 0 Å². The molecule has 1 aliphatic carbocycles. The van der Waals surface area contributed by atoms with Gasteiger partial charge in [-0.3, -0.25) is 0 Å². The lowest BCUT2D eigenvalue weighted by molar-refractivity contribution is 0.340. The van der Waals surface area contributed by atoms with Crippen molar-refractivity contribution >= 4 is 5.82 Å². The van der Waals surface area contributed by atoms with Crippen LogP contribution in [0.5, 0.6) is 5.75 Å². The van der Waals surface area contributed by atoms with Crippen molar-refractivity contribution in [1.29, 1.82) is 0 Å². The normalized spacial score (nSPS) is 20.1. The fourth-order valence-corrected chi connectivity index (χ4v) is 2.71. The summed E-state index contributed by atoms with van der Waals surface area (Å²) in [6.07, 6.45) is 1.14. The van der Waals surface area contributed by atoms with Crippen LogP contribution in [-0.2, 0) is 0 Å². The van der Waals surface area contributed by atoms with E-state index in [1.54, 1.807) is 0 Å². The molecule has 1 aliphatic rings. The zero-order chi connectivity index (χ0) is 14.8. The van der Waals surface area contributed by atoms with E-state index < -0.39 is 0 Å². The second-order valence-corrected chi connectivity index (χ2v) is 5.54. The smallest absolute Gasteiger partial charge is 0.130 e. The predicted molar refractivity (Wildman–Crippen MR) is 83.9 cm³/mol. The van der Waals surface area contributed by atoms with E-state index in [2.05, 4.69) is 33.5 Å². The van der Waals surface area contributed by atoms with Crippen molar-refractivity contribution in [3.63, 3.8) is 0 Å². The van der Waals surface area contributed by atoms with Crippen molar-refractivity contribution in [3.8, 4) is 5.75 Å². The third-order valence-corrected chi connectivity index (χ3v) is 3.69. The molecule has 2 atom stereocenters. The van der Waals surface area contributed by atoms with Gasteiger partial charge in [-0.2, -0.15) is 0 Å². The Balaban J connectivity index is 1.67. The molecule has 4 nitrogen and oxygen atoms in total. The van der Waals surface area contributed by atoms with Gasteiger partial charge in [0.2, 0.25) is 0 Å². The third kappa shape index (κ3) is 3.32. The lowest BCUT2D eigenvalue weighted by Gasteiger charge is -2.08. The Hall–Kier alpha value is -2.10. The van der Waals surface area contributed by atoms with Crippen molar-refractivity contribution in [2.75, 3.05) is 11.9 Å². The van der Waals surface area contributed by atoms with Gasteiger partial charge in [0.1, 0.15) is 17.4 Å². The Labute approximate surface area is 125 Å². The predicted octanol–water partition coefficient (Wildman–Crippen LogP) is 3.46. The molecule has 0 spiro atoms. The molecule has 0 saturated heterocycles. The molecule has 1 saturated carbocycles. The highest BCUT2D eigenvalue weighted by atomic mass is 16.5. The number of aryl methyl sites for hydroxylation is 2. The van der Waals surface area contributed by atoms with Crippen LogP contribution in [0.25, 0.3) is 0 Å². The summed E-state index contributed by atoms with van der Waals surface area (Å²) in [5.41, 5.74) is 2.33. The van der Waals surface area contributed by atoms with Gasteiger partial charge in [-0.05, 0) is 44.9 Å². The number of rotatable bonds is 5. The molecule has 1 heterocycles. The monoisotopic (exact) mass is 283 g/mol. The Morgan fingerprint density at radius 2 is 2.10 bits per heavy atom. The van der Waals surface area contributed by atoms with E-state index in [0.29, 0.717) is 18.6 Å². The summed E-state index contributed by atoms with van der Waals surface area (Å²) < 4.78 is 5.57. The first-order valence-electron chi connectivity index (χ1n) is 7.47. The molecule has 2 aromatic rings. The van der Waals surface area contributed by atoms with E-state index in [0.717, 1.165) is 29.5 Å². The summed E-state index contributed by atoms with van der Waals surface area (Å²) in [6, 6.07) is 10.8. The number of aromatic nitrogens is 2. The van der Waals surface area contributed by atoms with E-state index in [4.69, 9.17) is 4.74 Å². The van der Waals surface area contributed by atoms with Crippen molar-refractivity contribution in [1.82, 2.24) is 9.97 Å². The summed E-state index contributed by atoms with van der Waals surface area (Å²) in [6.45, 7) is 6.63. The molecule has 1 fully saturated rings. The zero-order valence-electron chi connectivity index (χ0n) is 12.8. The van der Waals surface area contributed by atoms with Crippen molar-refractivity contribution in [2.45, 2.75) is 39.2 Å². The molecule has 1 aromatic heterocycles. The summed E-state index contributed by atoms with van der Waals surface area (Å²) in [4.78, 5) is 8.75. The first-order valence-corrected chi connectivity index (χ1v) is 7.47. The standard InChI is InChI=1S/C17H21N3O/c1-4-21-14-7-5-6-13(9-14)15-10-16(15)20-17-8-11(2)18-12(3)19-17/h5-9,15-16H,4,10H2,1-3H3,(H,18,19,20). The molecule has 0 bridgehead atoms. The Morgan fingerprint density at radius 3 is 2.86 bits per heavy atom. The molecular weight excluding hydrogens is 262 g/mol. The fourth-order valence-electron chi connectivity index (χ4n) is 2.71. The van der Waals surface area contributed by atoms with Crippen LogP contribution < -0.4 is 10.1 Å². The number of ether oxygens (including phenoxy) is 1. The third-order valence-electron chi connectivity index (χ3n) is 3.69. The lowest BCUT2D eigenvalue weighted by atomic mass is 10.1. The van der Waals surface area contributed by atoms with Crippen molar-refractivity contribution < 1.29 is 4.74 Å². The lowest BCUT2D eigenvalue weighted by Crippen LogP contribution is -2.07. The summed E-state index contributed by atoms with van der Waals surface area (Å²) in [5.74, 6) is 3.23. The average Bonchev–Trinajstić information content (AvgIpc) is 3.17. The Kier molecular flexibility index (Phi) is 3.78. The van der Waals surface area contributed by atoms with Crippen molar-refractivity contribution in [3.05, 3.63) is 47.4 Å². The van der Waals surface area contributed by atoms with Crippen LogP contribution in [0.2, 0.25) is 0 Å². The van der Waals surface area contributed by atoms with Crippen LogP contribution in [0.3, 0.4) is 0 Å². The average molecular weight is 283 g/mol. The number of hydrogen-bond donors (Lipinski definition) is 1. The maximum atomic E-state index is 5.57. The van der Waals surface area contributed by atoms with Gasteiger partial charge < -0.3 is 10.1 Å². The first kappa shape index (κ1) is 13.9. The summed E-state index contributed by atoms with van der Waals surface area (Å²) in [5, 5.41) is 3.51. The molecule has 3 rings (SSSR count). The minimum absolute atomic E-state index is 0.454. The topological polar surface area (TPSA) is 47.0 Å². The van der Waals surface area contributed by atoms with Crippen LogP contribution in [-0.4, -0.2) is 22.6 Å². The quantitative estimate of drug-likeness (QED) is 0.913. The van der Waals surface area contributed by atoms with E-state index in [1.165, 1.54) is 5.56 Å². The molecule has 0 radical (unpaired) electrons. The second-order valence-electron chi connectivity index (χ2n) is 5.54. The van der Waals surface area contributed by atoms with Gasteiger partial charge in [0.05, 0.1) is 6.61 Å².